The van der Waals surface area contributed by atoms with Gasteiger partial charge in [0.2, 0.25) is 0 Å². The molecule has 0 aromatic heterocycles. The van der Waals surface area contributed by atoms with Crippen LogP contribution in [-0.2, 0) is 4.74 Å². The second kappa shape index (κ2) is 9.33. The van der Waals surface area contributed by atoms with E-state index in [2.05, 4.69) is 71.3 Å². The zero-order chi connectivity index (χ0) is 15.9. The number of nitriles is 1. The summed E-state index contributed by atoms with van der Waals surface area (Å²) < 4.78 is 6.08. The first-order valence-electron chi connectivity index (χ1n) is 7.77. The normalized spacial score (nSPS) is 12.7. The lowest BCUT2D eigenvalue weighted by molar-refractivity contribution is -0.192. The molecule has 118 valence electrons. The number of hydrogen-bond acceptors (Lipinski definition) is 4. The van der Waals surface area contributed by atoms with Gasteiger partial charge in [-0.25, -0.2) is 0 Å². The van der Waals surface area contributed by atoms with Gasteiger partial charge in [-0.15, -0.1) is 0 Å². The van der Waals surface area contributed by atoms with Crippen molar-refractivity contribution < 1.29 is 4.74 Å². The average Bonchev–Trinajstić information content (AvgIpc) is 2.26. The number of rotatable bonds is 9. The Labute approximate surface area is 125 Å². The highest BCUT2D eigenvalue weighted by atomic mass is 16.5. The fourth-order valence-corrected chi connectivity index (χ4v) is 2.75. The van der Waals surface area contributed by atoms with E-state index in [1.165, 1.54) is 0 Å². The van der Waals surface area contributed by atoms with Crippen LogP contribution in [0.15, 0.2) is 0 Å². The molecule has 4 heteroatoms. The Morgan fingerprint density at radius 2 is 1.15 bits per heavy atom. The van der Waals surface area contributed by atoms with Gasteiger partial charge in [0.25, 0.3) is 0 Å². The summed E-state index contributed by atoms with van der Waals surface area (Å²) in [6, 6.07) is 3.72. The highest BCUT2D eigenvalue weighted by Crippen LogP contribution is 2.21. The molecule has 0 aliphatic rings. The summed E-state index contributed by atoms with van der Waals surface area (Å²) >= 11 is 0. The van der Waals surface area contributed by atoms with E-state index in [0.717, 1.165) is 0 Å². The Morgan fingerprint density at radius 1 is 0.800 bits per heavy atom. The lowest BCUT2D eigenvalue weighted by Crippen LogP contribution is -2.59. The van der Waals surface area contributed by atoms with Crippen LogP contribution in [0.4, 0.5) is 0 Å². The number of ether oxygens (including phenoxy) is 1. The zero-order valence-corrected chi connectivity index (χ0v) is 14.6. The molecular formula is C16H33N3O. The molecule has 0 heterocycles. The minimum absolute atomic E-state index is 0.0802. The van der Waals surface area contributed by atoms with E-state index in [1.807, 2.05) is 0 Å². The summed E-state index contributed by atoms with van der Waals surface area (Å²) in [5.74, 6) is 0. The van der Waals surface area contributed by atoms with E-state index in [-0.39, 0.29) is 6.35 Å². The Bertz CT molecular complexity index is 259. The summed E-state index contributed by atoms with van der Waals surface area (Å²) in [5.41, 5.74) is 0. The monoisotopic (exact) mass is 283 g/mol. The molecule has 0 radical (unpaired) electrons. The van der Waals surface area contributed by atoms with Crippen LogP contribution in [0.3, 0.4) is 0 Å². The highest BCUT2D eigenvalue weighted by molar-refractivity contribution is 4.78. The maximum Gasteiger partial charge on any atom is 0.169 e. The van der Waals surface area contributed by atoms with E-state index in [0.29, 0.717) is 37.2 Å². The fourth-order valence-electron chi connectivity index (χ4n) is 2.75. The molecule has 0 unspecified atom stereocenters. The van der Waals surface area contributed by atoms with Crippen molar-refractivity contribution in [3.63, 3.8) is 0 Å². The molecule has 0 bridgehead atoms. The fraction of sp³-hybridized carbons (Fsp3) is 0.938. The predicted molar refractivity (Wildman–Crippen MR) is 84.2 cm³/mol. The zero-order valence-electron chi connectivity index (χ0n) is 14.6. The quantitative estimate of drug-likeness (QED) is 0.480. The van der Waals surface area contributed by atoms with Crippen LogP contribution in [0.5, 0.6) is 0 Å². The lowest BCUT2D eigenvalue weighted by Gasteiger charge is -2.46. The topological polar surface area (TPSA) is 39.5 Å². The molecule has 0 spiro atoms. The van der Waals surface area contributed by atoms with E-state index in [9.17, 15) is 0 Å². The minimum atomic E-state index is -0.0802. The van der Waals surface area contributed by atoms with E-state index < -0.39 is 0 Å². The molecule has 4 nitrogen and oxygen atoms in total. The molecule has 0 amide bonds. The predicted octanol–water partition coefficient (Wildman–Crippen LogP) is 3.44. The van der Waals surface area contributed by atoms with Gasteiger partial charge >= 0.3 is 0 Å². The Balaban J connectivity index is 5.26. The minimum Gasteiger partial charge on any atom is -0.348 e. The third-order valence-corrected chi connectivity index (χ3v) is 3.38. The second-order valence-corrected chi connectivity index (χ2v) is 6.37. The Kier molecular flexibility index (Phi) is 9.04. The van der Waals surface area contributed by atoms with E-state index in [4.69, 9.17) is 10.00 Å². The Morgan fingerprint density at radius 3 is 1.40 bits per heavy atom. The van der Waals surface area contributed by atoms with Gasteiger partial charge < -0.3 is 4.74 Å². The molecule has 0 saturated carbocycles. The van der Waals surface area contributed by atoms with Crippen LogP contribution in [0, 0.1) is 11.3 Å². The van der Waals surface area contributed by atoms with Gasteiger partial charge in [-0.05, 0) is 55.4 Å². The molecule has 0 aromatic carbocycles. The smallest absolute Gasteiger partial charge is 0.169 e. The van der Waals surface area contributed by atoms with Crippen LogP contribution >= 0.6 is 0 Å². The first kappa shape index (κ1) is 19.4. The van der Waals surface area contributed by atoms with Gasteiger partial charge in [0.1, 0.15) is 0 Å². The SMILES string of the molecule is CC(C)N(C(C)C)C(OCCC#N)N(C(C)C)C(C)C. The summed E-state index contributed by atoms with van der Waals surface area (Å²) in [5, 5.41) is 8.74. The van der Waals surface area contributed by atoms with Crippen LogP contribution in [-0.4, -0.2) is 46.9 Å². The average molecular weight is 283 g/mol. The molecule has 0 fully saturated rings. The molecule has 0 aliphatic heterocycles. The van der Waals surface area contributed by atoms with E-state index >= 15 is 0 Å². The highest BCUT2D eigenvalue weighted by Gasteiger charge is 2.32. The van der Waals surface area contributed by atoms with Gasteiger partial charge in [-0.1, -0.05) is 0 Å². The van der Waals surface area contributed by atoms with Gasteiger partial charge in [0, 0.05) is 24.2 Å². The maximum atomic E-state index is 8.74. The van der Waals surface area contributed by atoms with Crippen molar-refractivity contribution in [3.05, 3.63) is 0 Å². The van der Waals surface area contributed by atoms with Gasteiger partial charge in [-0.2, -0.15) is 5.26 Å². The first-order valence-corrected chi connectivity index (χ1v) is 7.77. The number of hydrogen-bond donors (Lipinski definition) is 0. The van der Waals surface area contributed by atoms with Crippen molar-refractivity contribution in [2.45, 2.75) is 92.3 Å². The van der Waals surface area contributed by atoms with Crippen molar-refractivity contribution in [1.29, 1.82) is 5.26 Å². The van der Waals surface area contributed by atoms with Crippen LogP contribution < -0.4 is 0 Å². The molecule has 0 N–H and O–H groups in total. The van der Waals surface area contributed by atoms with Crippen molar-refractivity contribution in [2.24, 2.45) is 0 Å². The molecule has 0 saturated heterocycles. The molecule has 0 rings (SSSR count). The largest absolute Gasteiger partial charge is 0.348 e. The number of nitrogens with zero attached hydrogens (tertiary/aromatic N) is 3. The van der Waals surface area contributed by atoms with Crippen molar-refractivity contribution in [1.82, 2.24) is 9.80 Å². The molecule has 0 aliphatic carbocycles. The van der Waals surface area contributed by atoms with Gasteiger partial charge in [0.15, 0.2) is 6.35 Å². The molecule has 20 heavy (non-hydrogen) atoms. The van der Waals surface area contributed by atoms with Crippen LogP contribution in [0.2, 0.25) is 0 Å². The lowest BCUT2D eigenvalue weighted by atomic mass is 10.2. The standard InChI is InChI=1S/C16H33N3O/c1-12(2)18(13(3)4)16(20-11-9-10-17)19(14(5)6)15(7)8/h12-16H,9,11H2,1-8H3. The van der Waals surface area contributed by atoms with Crippen LogP contribution in [0.25, 0.3) is 0 Å². The summed E-state index contributed by atoms with van der Waals surface area (Å²) in [4.78, 5) is 4.74. The molecule has 0 atom stereocenters. The van der Waals surface area contributed by atoms with Crippen molar-refractivity contribution in [3.8, 4) is 6.07 Å². The van der Waals surface area contributed by atoms with Gasteiger partial charge in [-0.3, -0.25) is 9.80 Å². The summed E-state index contributed by atoms with van der Waals surface area (Å²) in [6.07, 6.45) is 0.355. The third-order valence-electron chi connectivity index (χ3n) is 3.38. The summed E-state index contributed by atoms with van der Waals surface area (Å²) in [7, 11) is 0. The van der Waals surface area contributed by atoms with Crippen molar-refractivity contribution in [2.75, 3.05) is 6.61 Å². The Hall–Kier alpha value is -0.630. The molecule has 0 aromatic rings. The summed E-state index contributed by atoms with van der Waals surface area (Å²) in [6.45, 7) is 18.0. The second-order valence-electron chi connectivity index (χ2n) is 6.37. The van der Waals surface area contributed by atoms with Crippen molar-refractivity contribution >= 4 is 0 Å². The van der Waals surface area contributed by atoms with Gasteiger partial charge in [0.05, 0.1) is 19.1 Å². The third kappa shape index (κ3) is 5.78. The first-order chi connectivity index (χ1) is 9.23. The van der Waals surface area contributed by atoms with Crippen LogP contribution in [0.1, 0.15) is 61.8 Å². The molecular weight excluding hydrogens is 250 g/mol. The van der Waals surface area contributed by atoms with E-state index in [1.54, 1.807) is 0 Å². The maximum absolute atomic E-state index is 8.74.